The van der Waals surface area contributed by atoms with Gasteiger partial charge in [-0.15, -0.1) is 0 Å². The van der Waals surface area contributed by atoms with E-state index in [1.807, 2.05) is 4.72 Å². The molecule has 9 heteroatoms. The van der Waals surface area contributed by atoms with E-state index in [4.69, 9.17) is 10.2 Å². The molecule has 0 radical (unpaired) electrons. The molecule has 4 N–H and O–H groups in total. The molecule has 90 valence electrons. The first kappa shape index (κ1) is 12.6. The first-order valence-electron chi connectivity index (χ1n) is 4.24. The summed E-state index contributed by atoms with van der Waals surface area (Å²) in [5.74, 6) is -1.07. The van der Waals surface area contributed by atoms with Crippen molar-refractivity contribution in [2.24, 2.45) is 0 Å². The van der Waals surface area contributed by atoms with Crippen LogP contribution in [0.3, 0.4) is 0 Å². The van der Waals surface area contributed by atoms with E-state index in [2.05, 4.69) is 9.97 Å². The molecule has 0 spiro atoms. The zero-order chi connectivity index (χ0) is 12.3. The SMILES string of the molecule is Cc1ncc(S(=O)(=O)NC(CO)C(=O)O)[nH]1. The lowest BCUT2D eigenvalue weighted by molar-refractivity contribution is -0.139. The number of aliphatic hydroxyl groups is 1. The quantitative estimate of drug-likeness (QED) is 0.499. The van der Waals surface area contributed by atoms with E-state index >= 15 is 0 Å². The minimum absolute atomic E-state index is 0.246. The van der Waals surface area contributed by atoms with Crippen LogP contribution in [0.4, 0.5) is 0 Å². The Balaban J connectivity index is 2.91. The van der Waals surface area contributed by atoms with Crippen LogP contribution in [-0.2, 0) is 14.8 Å². The average molecular weight is 249 g/mol. The van der Waals surface area contributed by atoms with Gasteiger partial charge in [-0.25, -0.2) is 13.4 Å². The number of aromatic amines is 1. The van der Waals surface area contributed by atoms with Crippen molar-refractivity contribution < 1.29 is 23.4 Å². The van der Waals surface area contributed by atoms with Crippen molar-refractivity contribution in [3.63, 3.8) is 0 Å². The maximum Gasteiger partial charge on any atom is 0.324 e. The van der Waals surface area contributed by atoms with Crippen molar-refractivity contribution in [2.45, 2.75) is 18.0 Å². The third-order valence-electron chi connectivity index (χ3n) is 1.75. The smallest absolute Gasteiger partial charge is 0.324 e. The van der Waals surface area contributed by atoms with Gasteiger partial charge in [0, 0.05) is 0 Å². The van der Waals surface area contributed by atoms with Crippen molar-refractivity contribution in [2.75, 3.05) is 6.61 Å². The molecule has 1 unspecified atom stereocenters. The molecular formula is C7H11N3O5S. The summed E-state index contributed by atoms with van der Waals surface area (Å²) in [5.41, 5.74) is 0. The molecule has 0 amide bonds. The molecular weight excluding hydrogens is 238 g/mol. The van der Waals surface area contributed by atoms with Gasteiger partial charge in [0.05, 0.1) is 12.8 Å². The van der Waals surface area contributed by atoms with Crippen molar-refractivity contribution in [3.8, 4) is 0 Å². The predicted molar refractivity (Wildman–Crippen MR) is 52.2 cm³/mol. The predicted octanol–water partition coefficient (Wildman–Crippen LogP) is -1.56. The van der Waals surface area contributed by atoms with Gasteiger partial charge >= 0.3 is 5.97 Å². The second-order valence-electron chi connectivity index (χ2n) is 3.03. The highest BCUT2D eigenvalue weighted by molar-refractivity contribution is 7.89. The van der Waals surface area contributed by atoms with Gasteiger partial charge in [-0.1, -0.05) is 0 Å². The number of H-pyrrole nitrogens is 1. The topological polar surface area (TPSA) is 132 Å². The summed E-state index contributed by atoms with van der Waals surface area (Å²) < 4.78 is 24.9. The molecule has 1 atom stereocenters. The van der Waals surface area contributed by atoms with Gasteiger partial charge in [-0.2, -0.15) is 4.72 Å². The van der Waals surface area contributed by atoms with Crippen LogP contribution in [0.1, 0.15) is 5.82 Å². The Morgan fingerprint density at radius 3 is 2.69 bits per heavy atom. The van der Waals surface area contributed by atoms with Crippen LogP contribution < -0.4 is 4.72 Å². The number of sulfonamides is 1. The van der Waals surface area contributed by atoms with Crippen LogP contribution in [-0.4, -0.2) is 47.2 Å². The summed E-state index contributed by atoms with van der Waals surface area (Å²) in [4.78, 5) is 16.7. The largest absolute Gasteiger partial charge is 0.480 e. The number of aromatic nitrogens is 2. The van der Waals surface area contributed by atoms with Gasteiger partial charge in [0.1, 0.15) is 11.9 Å². The van der Waals surface area contributed by atoms with Crippen molar-refractivity contribution in [1.29, 1.82) is 0 Å². The number of aliphatic carboxylic acids is 1. The summed E-state index contributed by atoms with van der Waals surface area (Å²) >= 11 is 0. The third-order valence-corrected chi connectivity index (χ3v) is 3.13. The number of carboxylic acids is 1. The van der Waals surface area contributed by atoms with Crippen molar-refractivity contribution in [3.05, 3.63) is 12.0 Å². The molecule has 1 heterocycles. The molecule has 0 saturated carbocycles. The number of nitrogens with zero attached hydrogens (tertiary/aromatic N) is 1. The normalized spacial score (nSPS) is 13.6. The van der Waals surface area contributed by atoms with Crippen LogP contribution in [0, 0.1) is 6.92 Å². The van der Waals surface area contributed by atoms with Crippen LogP contribution in [0.15, 0.2) is 11.2 Å². The molecule has 0 bridgehead atoms. The van der Waals surface area contributed by atoms with E-state index in [0.717, 1.165) is 6.20 Å². The summed E-state index contributed by atoms with van der Waals surface area (Å²) in [5, 5.41) is 17.0. The number of hydrogen-bond donors (Lipinski definition) is 4. The highest BCUT2D eigenvalue weighted by Gasteiger charge is 2.25. The van der Waals surface area contributed by atoms with Gasteiger partial charge in [0.2, 0.25) is 0 Å². The molecule has 0 saturated heterocycles. The Morgan fingerprint density at radius 2 is 2.31 bits per heavy atom. The number of nitrogens with one attached hydrogen (secondary N) is 2. The lowest BCUT2D eigenvalue weighted by Gasteiger charge is -2.10. The van der Waals surface area contributed by atoms with Crippen molar-refractivity contribution in [1.82, 2.24) is 14.7 Å². The molecule has 0 aliphatic carbocycles. The molecule has 16 heavy (non-hydrogen) atoms. The van der Waals surface area contributed by atoms with Crippen molar-refractivity contribution >= 4 is 16.0 Å². The Morgan fingerprint density at radius 1 is 1.69 bits per heavy atom. The van der Waals surface area contributed by atoms with Gasteiger partial charge in [-0.3, -0.25) is 4.79 Å². The Kier molecular flexibility index (Phi) is 3.62. The zero-order valence-electron chi connectivity index (χ0n) is 8.34. The number of carboxylic acid groups (broad SMARTS) is 1. The summed E-state index contributed by atoms with van der Waals surface area (Å²) in [7, 11) is -4.00. The zero-order valence-corrected chi connectivity index (χ0v) is 9.15. The number of carbonyl (C=O) groups is 1. The van der Waals surface area contributed by atoms with Crippen LogP contribution in [0.2, 0.25) is 0 Å². The molecule has 0 aromatic carbocycles. The van der Waals surface area contributed by atoms with E-state index < -0.39 is 28.6 Å². The number of imidazole rings is 1. The van der Waals surface area contributed by atoms with Gasteiger partial charge in [0.15, 0.2) is 5.03 Å². The monoisotopic (exact) mass is 249 g/mol. The second-order valence-corrected chi connectivity index (χ2v) is 4.71. The summed E-state index contributed by atoms with van der Waals surface area (Å²) in [6.07, 6.45) is 1.06. The van der Waals surface area contributed by atoms with E-state index in [1.165, 1.54) is 0 Å². The van der Waals surface area contributed by atoms with Gasteiger partial charge in [0.25, 0.3) is 10.0 Å². The highest BCUT2D eigenvalue weighted by Crippen LogP contribution is 2.05. The maximum absolute atomic E-state index is 11.6. The fourth-order valence-electron chi connectivity index (χ4n) is 0.951. The first-order chi connectivity index (χ1) is 7.36. The molecule has 0 aliphatic rings. The van der Waals surface area contributed by atoms with Gasteiger partial charge < -0.3 is 15.2 Å². The van der Waals surface area contributed by atoms with E-state index in [1.54, 1.807) is 6.92 Å². The molecule has 8 nitrogen and oxygen atoms in total. The van der Waals surface area contributed by atoms with Crippen LogP contribution in [0.25, 0.3) is 0 Å². The highest BCUT2D eigenvalue weighted by atomic mass is 32.2. The number of rotatable bonds is 5. The molecule has 1 rings (SSSR count). The Labute approximate surface area is 91.4 Å². The average Bonchev–Trinajstić information content (AvgIpc) is 2.61. The second kappa shape index (κ2) is 4.60. The minimum atomic E-state index is -4.00. The van der Waals surface area contributed by atoms with Crippen LogP contribution >= 0.6 is 0 Å². The van der Waals surface area contributed by atoms with E-state index in [0.29, 0.717) is 5.82 Å². The third kappa shape index (κ3) is 2.78. The standard InChI is InChI=1S/C7H11N3O5S/c1-4-8-2-6(9-4)16(14,15)10-5(3-11)7(12)13/h2,5,10-11H,3H2,1H3,(H,8,9)(H,12,13). The minimum Gasteiger partial charge on any atom is -0.480 e. The fourth-order valence-corrected chi connectivity index (χ4v) is 2.10. The maximum atomic E-state index is 11.6. The molecule has 1 aromatic heterocycles. The molecule has 0 fully saturated rings. The number of aliphatic hydroxyl groups excluding tert-OH is 1. The number of aryl methyl sites for hydroxylation is 1. The fraction of sp³-hybridized carbons (Fsp3) is 0.429. The lowest BCUT2D eigenvalue weighted by atomic mass is 10.3. The number of hydrogen-bond acceptors (Lipinski definition) is 5. The molecule has 1 aromatic rings. The lowest BCUT2D eigenvalue weighted by Crippen LogP contribution is -2.43. The molecule has 0 aliphatic heterocycles. The summed E-state index contributed by atoms with van der Waals surface area (Å²) in [6.45, 7) is 0.724. The summed E-state index contributed by atoms with van der Waals surface area (Å²) in [6, 6.07) is -1.58. The van der Waals surface area contributed by atoms with Gasteiger partial charge in [-0.05, 0) is 6.92 Å². The Bertz CT molecular complexity index is 480. The van der Waals surface area contributed by atoms with E-state index in [-0.39, 0.29) is 5.03 Å². The Hall–Kier alpha value is -1.45. The van der Waals surface area contributed by atoms with Crippen LogP contribution in [0.5, 0.6) is 0 Å². The first-order valence-corrected chi connectivity index (χ1v) is 5.72. The van der Waals surface area contributed by atoms with E-state index in [9.17, 15) is 13.2 Å².